The van der Waals surface area contributed by atoms with Crippen molar-refractivity contribution in [1.82, 2.24) is 19.5 Å². The molecular formula is C51H37N5. The van der Waals surface area contributed by atoms with Crippen LogP contribution in [-0.4, -0.2) is 19.5 Å². The molecule has 1 aliphatic heterocycles. The van der Waals surface area contributed by atoms with Crippen LogP contribution < -0.4 is 4.90 Å². The van der Waals surface area contributed by atoms with E-state index in [1.807, 2.05) is 62.4 Å². The number of nitrogens with zero attached hydrogens (tertiary/aromatic N) is 5. The highest BCUT2D eigenvalue weighted by Crippen LogP contribution is 2.54. The van der Waals surface area contributed by atoms with Crippen LogP contribution >= 0.6 is 0 Å². The van der Waals surface area contributed by atoms with E-state index in [0.29, 0.717) is 17.5 Å². The molecule has 0 N–H and O–H groups in total. The normalized spacial score (nSPS) is 12.5. The molecule has 0 radical (unpaired) electrons. The molecule has 9 aromatic rings. The van der Waals surface area contributed by atoms with Gasteiger partial charge in [0.15, 0.2) is 17.5 Å². The van der Waals surface area contributed by atoms with E-state index in [0.717, 1.165) is 50.5 Å². The third-order valence-corrected chi connectivity index (χ3v) is 10.6. The third kappa shape index (κ3) is 5.44. The maximum atomic E-state index is 5.09. The Bertz CT molecular complexity index is 2990. The molecule has 0 bridgehead atoms. The molecule has 0 atom stereocenters. The largest absolute Gasteiger partial charge is 0.309 e. The molecule has 5 heteroatoms. The minimum absolute atomic E-state index is 0.621. The zero-order valence-electron chi connectivity index (χ0n) is 31.1. The first-order valence-corrected chi connectivity index (χ1v) is 19.0. The van der Waals surface area contributed by atoms with Gasteiger partial charge in [-0.1, -0.05) is 146 Å². The molecule has 2 aromatic heterocycles. The molecule has 0 aliphatic carbocycles. The van der Waals surface area contributed by atoms with E-state index in [1.165, 1.54) is 33.0 Å². The Morgan fingerprint density at radius 1 is 0.500 bits per heavy atom. The van der Waals surface area contributed by atoms with Gasteiger partial charge in [0.1, 0.15) is 0 Å². The van der Waals surface area contributed by atoms with Gasteiger partial charge in [-0.25, -0.2) is 15.0 Å². The Morgan fingerprint density at radius 3 is 1.93 bits per heavy atom. The summed E-state index contributed by atoms with van der Waals surface area (Å²) < 4.78 is 2.43. The standard InChI is InChI=1S/C51H37N5/c1-3-18-34(4-2)49-52-50(35-19-7-5-8-20-35)54-51(53-49)36-21-17-24-38(33-36)56-45-30-16-14-27-41(45)43-31-32-46-47(48(43)56)42-28-12-11-25-39(42)40-26-13-15-29-44(40)55(46)37-22-9-6-10-23-37/h3-33H,1-2H3/b18-3-,34-4+. The lowest BCUT2D eigenvalue weighted by Gasteiger charge is -2.27. The van der Waals surface area contributed by atoms with Gasteiger partial charge in [0.2, 0.25) is 0 Å². The first kappa shape index (κ1) is 33.2. The van der Waals surface area contributed by atoms with Crippen molar-refractivity contribution in [2.75, 3.05) is 4.90 Å². The van der Waals surface area contributed by atoms with Crippen LogP contribution in [0.15, 0.2) is 188 Å². The van der Waals surface area contributed by atoms with Crippen LogP contribution in [0.5, 0.6) is 0 Å². The Kier molecular flexibility index (Phi) is 8.19. The smallest absolute Gasteiger partial charge is 0.164 e. The van der Waals surface area contributed by atoms with Gasteiger partial charge in [0.05, 0.1) is 22.4 Å². The van der Waals surface area contributed by atoms with Crippen LogP contribution in [-0.2, 0) is 0 Å². The number of hydrogen-bond acceptors (Lipinski definition) is 4. The minimum Gasteiger partial charge on any atom is -0.309 e. The fourth-order valence-corrected chi connectivity index (χ4v) is 8.20. The zero-order chi connectivity index (χ0) is 37.6. The second-order valence-electron chi connectivity index (χ2n) is 13.9. The first-order valence-electron chi connectivity index (χ1n) is 19.0. The molecule has 1 aliphatic rings. The zero-order valence-corrected chi connectivity index (χ0v) is 31.1. The summed E-state index contributed by atoms with van der Waals surface area (Å²) in [6, 6.07) is 60.4. The van der Waals surface area contributed by atoms with E-state index in [9.17, 15) is 0 Å². The van der Waals surface area contributed by atoms with E-state index in [-0.39, 0.29) is 0 Å². The van der Waals surface area contributed by atoms with Crippen LogP contribution in [0.3, 0.4) is 0 Å². The molecule has 3 heterocycles. The van der Waals surface area contributed by atoms with Crippen molar-refractivity contribution in [2.45, 2.75) is 13.8 Å². The van der Waals surface area contributed by atoms with Crippen molar-refractivity contribution in [3.8, 4) is 50.7 Å². The number of rotatable bonds is 6. The summed E-state index contributed by atoms with van der Waals surface area (Å²) in [5.41, 5.74) is 14.2. The van der Waals surface area contributed by atoms with Crippen molar-refractivity contribution < 1.29 is 0 Å². The number of anilines is 3. The maximum absolute atomic E-state index is 5.09. The average molecular weight is 720 g/mol. The van der Waals surface area contributed by atoms with Gasteiger partial charge in [0.25, 0.3) is 0 Å². The highest BCUT2D eigenvalue weighted by Gasteiger charge is 2.29. The Hall–Kier alpha value is -7.37. The van der Waals surface area contributed by atoms with Gasteiger partial charge in [-0.2, -0.15) is 0 Å². The van der Waals surface area contributed by atoms with E-state index in [2.05, 4.69) is 149 Å². The summed E-state index contributed by atoms with van der Waals surface area (Å²) in [5.74, 6) is 1.90. The summed E-state index contributed by atoms with van der Waals surface area (Å²) in [5, 5.41) is 2.38. The summed E-state index contributed by atoms with van der Waals surface area (Å²) in [7, 11) is 0. The Morgan fingerprint density at radius 2 is 1.14 bits per heavy atom. The molecule has 266 valence electrons. The number of aromatic nitrogens is 4. The van der Waals surface area contributed by atoms with Gasteiger partial charge >= 0.3 is 0 Å². The minimum atomic E-state index is 0.621. The number of para-hydroxylation sites is 3. The molecule has 0 spiro atoms. The van der Waals surface area contributed by atoms with E-state index in [1.54, 1.807) is 0 Å². The number of hydrogen-bond donors (Lipinski definition) is 0. The topological polar surface area (TPSA) is 46.8 Å². The SMILES string of the molecule is C/C=C\C(=C/C)c1nc(-c2ccccc2)nc(-c2cccc(-n3c4ccccc4c4ccc5c(c43)-c3ccccc3-c3ccccc3N5c3ccccc3)c2)n1. The lowest BCUT2D eigenvalue weighted by atomic mass is 9.93. The Balaban J connectivity index is 1.27. The second kappa shape index (κ2) is 13.8. The van der Waals surface area contributed by atoms with Crippen molar-refractivity contribution in [3.05, 3.63) is 194 Å². The highest BCUT2D eigenvalue weighted by molar-refractivity contribution is 6.19. The lowest BCUT2D eigenvalue weighted by Crippen LogP contribution is -2.11. The molecule has 0 saturated carbocycles. The summed E-state index contributed by atoms with van der Waals surface area (Å²) in [6.45, 7) is 4.03. The molecule has 10 rings (SSSR count). The summed E-state index contributed by atoms with van der Waals surface area (Å²) >= 11 is 0. The first-order chi connectivity index (χ1) is 27.7. The number of fused-ring (bicyclic) bond motifs is 9. The van der Waals surface area contributed by atoms with Crippen molar-refractivity contribution >= 4 is 44.4 Å². The molecular weight excluding hydrogens is 683 g/mol. The molecule has 0 unspecified atom stereocenters. The van der Waals surface area contributed by atoms with Gasteiger partial charge < -0.3 is 9.47 Å². The summed E-state index contributed by atoms with van der Waals surface area (Å²) in [6.07, 6.45) is 6.11. The fraction of sp³-hybridized carbons (Fsp3) is 0.0392. The maximum Gasteiger partial charge on any atom is 0.164 e. The van der Waals surface area contributed by atoms with Crippen molar-refractivity contribution in [3.63, 3.8) is 0 Å². The molecule has 56 heavy (non-hydrogen) atoms. The van der Waals surface area contributed by atoms with E-state index in [4.69, 9.17) is 15.0 Å². The molecule has 7 aromatic carbocycles. The lowest BCUT2D eigenvalue weighted by molar-refractivity contribution is 1.03. The third-order valence-electron chi connectivity index (χ3n) is 10.6. The van der Waals surface area contributed by atoms with Crippen LogP contribution in [0.4, 0.5) is 17.1 Å². The average Bonchev–Trinajstić information content (AvgIpc) is 3.54. The molecule has 5 nitrogen and oxygen atoms in total. The summed E-state index contributed by atoms with van der Waals surface area (Å²) in [4.78, 5) is 17.5. The van der Waals surface area contributed by atoms with Gasteiger partial charge in [0, 0.05) is 50.0 Å². The van der Waals surface area contributed by atoms with Crippen LogP contribution in [0.25, 0.3) is 78.1 Å². The van der Waals surface area contributed by atoms with Crippen LogP contribution in [0.1, 0.15) is 19.7 Å². The quantitative estimate of drug-likeness (QED) is 0.161. The van der Waals surface area contributed by atoms with E-state index >= 15 is 0 Å². The van der Waals surface area contributed by atoms with Crippen LogP contribution in [0, 0.1) is 0 Å². The number of allylic oxidation sites excluding steroid dienone is 4. The molecule has 0 saturated heterocycles. The second-order valence-corrected chi connectivity index (χ2v) is 13.9. The van der Waals surface area contributed by atoms with Gasteiger partial charge in [-0.15, -0.1) is 0 Å². The van der Waals surface area contributed by atoms with Crippen LogP contribution in [0.2, 0.25) is 0 Å². The predicted molar refractivity (Wildman–Crippen MR) is 233 cm³/mol. The van der Waals surface area contributed by atoms with Gasteiger partial charge in [-0.3, -0.25) is 0 Å². The van der Waals surface area contributed by atoms with Crippen molar-refractivity contribution in [1.29, 1.82) is 0 Å². The van der Waals surface area contributed by atoms with E-state index < -0.39 is 0 Å². The monoisotopic (exact) mass is 719 g/mol. The van der Waals surface area contributed by atoms with Gasteiger partial charge in [-0.05, 0) is 67.4 Å². The number of benzene rings is 7. The highest BCUT2D eigenvalue weighted by atomic mass is 15.2. The van der Waals surface area contributed by atoms with Crippen molar-refractivity contribution in [2.24, 2.45) is 0 Å². The predicted octanol–water partition coefficient (Wildman–Crippen LogP) is 13.4. The molecule has 0 fully saturated rings. The Labute approximate surface area is 326 Å². The molecule has 0 amide bonds. The fourth-order valence-electron chi connectivity index (χ4n) is 8.20.